The summed E-state index contributed by atoms with van der Waals surface area (Å²) in [6, 6.07) is 7.48. The Morgan fingerprint density at radius 1 is 1.50 bits per heavy atom. The third kappa shape index (κ3) is 2.99. The zero-order valence-electron chi connectivity index (χ0n) is 12.2. The Bertz CT molecular complexity index is 507. The highest BCUT2D eigenvalue weighted by molar-refractivity contribution is 6.30. The highest BCUT2D eigenvalue weighted by atomic mass is 35.5. The fourth-order valence-corrected chi connectivity index (χ4v) is 2.38. The molecule has 2 rings (SSSR count). The number of aliphatic hydroxyl groups is 1. The molecule has 0 radical (unpaired) electrons. The van der Waals surface area contributed by atoms with Gasteiger partial charge in [0.1, 0.15) is 0 Å². The van der Waals surface area contributed by atoms with Gasteiger partial charge < -0.3 is 10.4 Å². The van der Waals surface area contributed by atoms with Crippen LogP contribution < -0.4 is 5.32 Å². The van der Waals surface area contributed by atoms with Crippen molar-refractivity contribution in [3.63, 3.8) is 0 Å². The quantitative estimate of drug-likeness (QED) is 0.877. The van der Waals surface area contributed by atoms with Crippen LogP contribution in [0.2, 0.25) is 5.02 Å². The lowest BCUT2D eigenvalue weighted by Crippen LogP contribution is -2.47. The highest BCUT2D eigenvalue weighted by Gasteiger charge is 2.51. The Kier molecular flexibility index (Phi) is 4.12. The molecule has 0 aromatic heterocycles. The topological polar surface area (TPSA) is 49.3 Å². The lowest BCUT2D eigenvalue weighted by atomic mass is 9.91. The van der Waals surface area contributed by atoms with Gasteiger partial charge in [-0.2, -0.15) is 0 Å². The number of hydrogen-bond donors (Lipinski definition) is 2. The molecule has 3 nitrogen and oxygen atoms in total. The number of rotatable bonds is 5. The van der Waals surface area contributed by atoms with Crippen LogP contribution in [0, 0.1) is 5.92 Å². The molecular formula is C16H22ClNO2. The molecule has 0 spiro atoms. The molecule has 1 aliphatic carbocycles. The van der Waals surface area contributed by atoms with E-state index in [0.717, 1.165) is 18.4 Å². The first-order valence-electron chi connectivity index (χ1n) is 7.05. The van der Waals surface area contributed by atoms with Crippen molar-refractivity contribution in [2.45, 2.75) is 44.6 Å². The van der Waals surface area contributed by atoms with Gasteiger partial charge in [-0.05, 0) is 43.4 Å². The van der Waals surface area contributed by atoms with Crippen LogP contribution in [0.15, 0.2) is 24.3 Å². The molecule has 1 atom stereocenters. The number of nitrogens with one attached hydrogen (secondary N) is 1. The number of benzene rings is 1. The largest absolute Gasteiger partial charge is 0.388 e. The molecule has 0 aliphatic heterocycles. The molecule has 110 valence electrons. The minimum absolute atomic E-state index is 0.0132. The summed E-state index contributed by atoms with van der Waals surface area (Å²) in [4.78, 5) is 12.4. The van der Waals surface area contributed by atoms with Gasteiger partial charge in [-0.1, -0.05) is 37.6 Å². The van der Waals surface area contributed by atoms with E-state index in [1.807, 2.05) is 38.1 Å². The molecule has 1 aliphatic rings. The second kappa shape index (κ2) is 5.38. The maximum absolute atomic E-state index is 12.4. The van der Waals surface area contributed by atoms with E-state index in [2.05, 4.69) is 5.32 Å². The zero-order valence-corrected chi connectivity index (χ0v) is 13.0. The van der Waals surface area contributed by atoms with Crippen LogP contribution in [0.1, 0.15) is 39.2 Å². The van der Waals surface area contributed by atoms with Crippen molar-refractivity contribution < 1.29 is 9.90 Å². The van der Waals surface area contributed by atoms with Crippen molar-refractivity contribution in [3.8, 4) is 0 Å². The first-order chi connectivity index (χ1) is 9.28. The van der Waals surface area contributed by atoms with Gasteiger partial charge in [0.05, 0.1) is 11.0 Å². The number of carbonyl (C=O) groups excluding carboxylic acids is 1. The predicted octanol–water partition coefficient (Wildman–Crippen LogP) is 2.89. The Morgan fingerprint density at radius 3 is 2.65 bits per heavy atom. The minimum atomic E-state index is -0.889. The SMILES string of the molecule is CC(C)C(C)(O)CNC(=O)C1(c2cccc(Cl)c2)CC1. The molecule has 1 fully saturated rings. The second-order valence-corrected chi connectivity index (χ2v) is 6.72. The summed E-state index contributed by atoms with van der Waals surface area (Å²) in [5.74, 6) is 0.0739. The fourth-order valence-electron chi connectivity index (χ4n) is 2.19. The molecule has 4 heteroatoms. The predicted molar refractivity (Wildman–Crippen MR) is 80.8 cm³/mol. The van der Waals surface area contributed by atoms with Crippen LogP contribution >= 0.6 is 11.6 Å². The number of halogens is 1. The highest BCUT2D eigenvalue weighted by Crippen LogP contribution is 2.48. The lowest BCUT2D eigenvalue weighted by Gasteiger charge is -2.29. The number of amides is 1. The summed E-state index contributed by atoms with van der Waals surface area (Å²) in [6.45, 7) is 5.90. The van der Waals surface area contributed by atoms with Gasteiger partial charge in [0.25, 0.3) is 0 Å². The van der Waals surface area contributed by atoms with Crippen LogP contribution in [0.5, 0.6) is 0 Å². The summed E-state index contributed by atoms with van der Waals surface area (Å²) in [6.07, 6.45) is 1.67. The molecule has 0 bridgehead atoms. The molecule has 1 unspecified atom stereocenters. The first kappa shape index (κ1) is 15.3. The Hall–Kier alpha value is -1.06. The van der Waals surface area contributed by atoms with Crippen molar-refractivity contribution in [3.05, 3.63) is 34.9 Å². The smallest absolute Gasteiger partial charge is 0.230 e. The Labute approximate surface area is 125 Å². The maximum atomic E-state index is 12.4. The zero-order chi connectivity index (χ0) is 15.0. The van der Waals surface area contributed by atoms with Gasteiger partial charge in [-0.3, -0.25) is 4.79 Å². The van der Waals surface area contributed by atoms with Crippen LogP contribution in [-0.4, -0.2) is 23.2 Å². The van der Waals surface area contributed by atoms with Gasteiger partial charge >= 0.3 is 0 Å². The number of carbonyl (C=O) groups is 1. The van der Waals surface area contributed by atoms with Crippen molar-refractivity contribution >= 4 is 17.5 Å². The fraction of sp³-hybridized carbons (Fsp3) is 0.562. The van der Waals surface area contributed by atoms with Crippen LogP contribution in [0.25, 0.3) is 0 Å². The van der Waals surface area contributed by atoms with E-state index in [9.17, 15) is 9.90 Å². The van der Waals surface area contributed by atoms with Gasteiger partial charge in [0.2, 0.25) is 5.91 Å². The van der Waals surface area contributed by atoms with Crippen LogP contribution in [-0.2, 0) is 10.2 Å². The molecule has 1 aromatic rings. The van der Waals surface area contributed by atoms with Gasteiger partial charge in [-0.15, -0.1) is 0 Å². The maximum Gasteiger partial charge on any atom is 0.230 e. The monoisotopic (exact) mass is 295 g/mol. The van der Waals surface area contributed by atoms with Gasteiger partial charge in [-0.25, -0.2) is 0 Å². The molecule has 2 N–H and O–H groups in total. The van der Waals surface area contributed by atoms with Crippen LogP contribution in [0.4, 0.5) is 0 Å². The second-order valence-electron chi connectivity index (χ2n) is 6.29. The molecule has 20 heavy (non-hydrogen) atoms. The average molecular weight is 296 g/mol. The van der Waals surface area contributed by atoms with E-state index in [0.29, 0.717) is 5.02 Å². The third-order valence-corrected chi connectivity index (χ3v) is 4.65. The van der Waals surface area contributed by atoms with Crippen molar-refractivity contribution in [1.82, 2.24) is 5.32 Å². The Balaban J connectivity index is 2.06. The Morgan fingerprint density at radius 2 is 2.15 bits per heavy atom. The minimum Gasteiger partial charge on any atom is -0.388 e. The molecule has 1 amide bonds. The molecule has 1 saturated carbocycles. The first-order valence-corrected chi connectivity index (χ1v) is 7.42. The van der Waals surface area contributed by atoms with E-state index < -0.39 is 11.0 Å². The van der Waals surface area contributed by atoms with E-state index in [1.165, 1.54) is 0 Å². The van der Waals surface area contributed by atoms with Gasteiger partial charge in [0.15, 0.2) is 0 Å². The molecule has 0 saturated heterocycles. The van der Waals surface area contributed by atoms with E-state index >= 15 is 0 Å². The van der Waals surface area contributed by atoms with Crippen LogP contribution in [0.3, 0.4) is 0 Å². The number of hydrogen-bond acceptors (Lipinski definition) is 2. The van der Waals surface area contributed by atoms with Crippen molar-refractivity contribution in [2.75, 3.05) is 6.54 Å². The van der Waals surface area contributed by atoms with Gasteiger partial charge in [0, 0.05) is 11.6 Å². The summed E-state index contributed by atoms with van der Waals surface area (Å²) >= 11 is 6.00. The molecule has 1 aromatic carbocycles. The summed E-state index contributed by atoms with van der Waals surface area (Å²) in [5, 5.41) is 13.7. The van der Waals surface area contributed by atoms with E-state index in [-0.39, 0.29) is 18.4 Å². The summed E-state index contributed by atoms with van der Waals surface area (Å²) in [7, 11) is 0. The molecular weight excluding hydrogens is 274 g/mol. The lowest BCUT2D eigenvalue weighted by molar-refractivity contribution is -0.125. The average Bonchev–Trinajstić information content (AvgIpc) is 3.17. The normalized spacial score (nSPS) is 19.5. The van der Waals surface area contributed by atoms with Crippen molar-refractivity contribution in [1.29, 1.82) is 0 Å². The van der Waals surface area contributed by atoms with Crippen molar-refractivity contribution in [2.24, 2.45) is 5.92 Å². The molecule has 0 heterocycles. The van der Waals surface area contributed by atoms with E-state index in [1.54, 1.807) is 6.92 Å². The van der Waals surface area contributed by atoms with E-state index in [4.69, 9.17) is 11.6 Å². The summed E-state index contributed by atoms with van der Waals surface area (Å²) < 4.78 is 0. The third-order valence-electron chi connectivity index (χ3n) is 4.41. The summed E-state index contributed by atoms with van der Waals surface area (Å²) in [5.41, 5.74) is -0.371. The standard InChI is InChI=1S/C16H22ClNO2/c1-11(2)15(3,20)10-18-14(19)16(7-8-16)12-5-4-6-13(17)9-12/h4-6,9,11,20H,7-8,10H2,1-3H3,(H,18,19).